The number of rotatable bonds is 5. The maximum atomic E-state index is 10.3. The third-order valence-corrected chi connectivity index (χ3v) is 10.5. The summed E-state index contributed by atoms with van der Waals surface area (Å²) in [5, 5.41) is 20.5. The van der Waals surface area contributed by atoms with Crippen LogP contribution in [0.4, 0.5) is 0 Å². The molecular weight excluding hydrogens is 356 g/mol. The second-order valence-electron chi connectivity index (χ2n) is 12.3. The van der Waals surface area contributed by atoms with E-state index in [9.17, 15) is 10.2 Å². The Morgan fingerprint density at radius 2 is 1.76 bits per heavy atom. The standard InChI is InChI=1S/C27H46O2/c1-17(2)25(29)11-6-18(3)22-9-10-23-21-8-7-19-16-20(28)12-14-26(19,4)24(21)13-15-27(22,23)5/h7,17-18,20-25,28-29H,6,8-16H2,1-5H3/t18-,20+,21+,22-,23+,24+,25-,26+,27-/m0/s1. The molecule has 0 amide bonds. The normalized spacial score (nSPS) is 46.5. The fourth-order valence-corrected chi connectivity index (χ4v) is 8.59. The van der Waals surface area contributed by atoms with Gasteiger partial charge in [-0.05, 0) is 111 Å². The Kier molecular flexibility index (Phi) is 6.01. The smallest absolute Gasteiger partial charge is 0.0577 e. The highest BCUT2D eigenvalue weighted by atomic mass is 16.3. The van der Waals surface area contributed by atoms with E-state index in [0.717, 1.165) is 48.9 Å². The summed E-state index contributed by atoms with van der Waals surface area (Å²) in [6.07, 6.45) is 14.4. The molecule has 4 rings (SSSR count). The summed E-state index contributed by atoms with van der Waals surface area (Å²) in [5.41, 5.74) is 2.44. The van der Waals surface area contributed by atoms with E-state index in [0.29, 0.717) is 16.7 Å². The van der Waals surface area contributed by atoms with Gasteiger partial charge in [-0.25, -0.2) is 0 Å². The van der Waals surface area contributed by atoms with Crippen molar-refractivity contribution in [2.45, 2.75) is 111 Å². The number of hydrogen-bond acceptors (Lipinski definition) is 2. The largest absolute Gasteiger partial charge is 0.393 e. The summed E-state index contributed by atoms with van der Waals surface area (Å²) in [4.78, 5) is 0. The minimum Gasteiger partial charge on any atom is -0.393 e. The van der Waals surface area contributed by atoms with E-state index < -0.39 is 0 Å². The molecule has 0 bridgehead atoms. The highest BCUT2D eigenvalue weighted by molar-refractivity contribution is 5.25. The van der Waals surface area contributed by atoms with Gasteiger partial charge in [0, 0.05) is 0 Å². The van der Waals surface area contributed by atoms with E-state index in [4.69, 9.17) is 0 Å². The van der Waals surface area contributed by atoms with E-state index >= 15 is 0 Å². The molecule has 3 saturated carbocycles. The maximum Gasteiger partial charge on any atom is 0.0577 e. The fraction of sp³-hybridized carbons (Fsp3) is 0.926. The first-order valence-corrected chi connectivity index (χ1v) is 12.7. The second kappa shape index (κ2) is 7.97. The fourth-order valence-electron chi connectivity index (χ4n) is 8.59. The van der Waals surface area contributed by atoms with Crippen molar-refractivity contribution in [3.05, 3.63) is 11.6 Å². The molecule has 0 aromatic rings. The molecular formula is C27H46O2. The maximum absolute atomic E-state index is 10.3. The molecule has 3 fully saturated rings. The van der Waals surface area contributed by atoms with Crippen molar-refractivity contribution in [1.82, 2.24) is 0 Å². The molecule has 0 unspecified atom stereocenters. The number of hydrogen-bond donors (Lipinski definition) is 2. The van der Waals surface area contributed by atoms with Crippen molar-refractivity contribution < 1.29 is 10.2 Å². The van der Waals surface area contributed by atoms with Crippen LogP contribution in [-0.4, -0.2) is 22.4 Å². The van der Waals surface area contributed by atoms with Crippen LogP contribution in [0.15, 0.2) is 11.6 Å². The predicted octanol–water partition coefficient (Wildman–Crippen LogP) is 6.36. The number of aliphatic hydroxyl groups excluding tert-OH is 2. The highest BCUT2D eigenvalue weighted by Gasteiger charge is 2.59. The van der Waals surface area contributed by atoms with Gasteiger partial charge < -0.3 is 10.2 Å². The number of fused-ring (bicyclic) bond motifs is 5. The van der Waals surface area contributed by atoms with Gasteiger partial charge in [0.15, 0.2) is 0 Å². The molecule has 0 aliphatic heterocycles. The average Bonchev–Trinajstić information content (AvgIpc) is 3.03. The van der Waals surface area contributed by atoms with Crippen LogP contribution in [0.5, 0.6) is 0 Å². The van der Waals surface area contributed by atoms with Gasteiger partial charge in [0.25, 0.3) is 0 Å². The summed E-state index contributed by atoms with van der Waals surface area (Å²) >= 11 is 0. The Labute approximate surface area is 179 Å². The number of allylic oxidation sites excluding steroid dienone is 1. The van der Waals surface area contributed by atoms with Crippen molar-refractivity contribution >= 4 is 0 Å². The van der Waals surface area contributed by atoms with Gasteiger partial charge in [0.05, 0.1) is 12.2 Å². The Balaban J connectivity index is 1.49. The Morgan fingerprint density at radius 3 is 2.48 bits per heavy atom. The minimum absolute atomic E-state index is 0.0994. The monoisotopic (exact) mass is 402 g/mol. The summed E-state index contributed by atoms with van der Waals surface area (Å²) in [5.74, 6) is 4.51. The van der Waals surface area contributed by atoms with E-state index in [1.165, 1.54) is 44.9 Å². The molecule has 4 aliphatic carbocycles. The number of aliphatic hydroxyl groups is 2. The Hall–Kier alpha value is -0.340. The molecule has 0 aromatic carbocycles. The van der Waals surface area contributed by atoms with Crippen molar-refractivity contribution in [2.75, 3.05) is 0 Å². The van der Waals surface area contributed by atoms with Gasteiger partial charge in [0.1, 0.15) is 0 Å². The van der Waals surface area contributed by atoms with Crippen LogP contribution in [0.2, 0.25) is 0 Å². The summed E-state index contributed by atoms with van der Waals surface area (Å²) < 4.78 is 0. The first-order chi connectivity index (χ1) is 13.7. The minimum atomic E-state index is -0.137. The lowest BCUT2D eigenvalue weighted by Crippen LogP contribution is -2.50. The van der Waals surface area contributed by atoms with Gasteiger partial charge in [-0.2, -0.15) is 0 Å². The van der Waals surface area contributed by atoms with Crippen molar-refractivity contribution in [3.63, 3.8) is 0 Å². The van der Waals surface area contributed by atoms with Crippen LogP contribution >= 0.6 is 0 Å². The third-order valence-electron chi connectivity index (χ3n) is 10.5. The average molecular weight is 403 g/mol. The molecule has 0 radical (unpaired) electrons. The summed E-state index contributed by atoms with van der Waals surface area (Å²) in [6.45, 7) is 11.9. The van der Waals surface area contributed by atoms with E-state index in [-0.39, 0.29) is 12.2 Å². The van der Waals surface area contributed by atoms with Gasteiger partial charge in [-0.15, -0.1) is 0 Å². The molecule has 0 aromatic heterocycles. The van der Waals surface area contributed by atoms with E-state index in [1.54, 1.807) is 5.57 Å². The summed E-state index contributed by atoms with van der Waals surface area (Å²) in [6, 6.07) is 0. The second-order valence-corrected chi connectivity index (χ2v) is 12.3. The molecule has 9 atom stereocenters. The van der Waals surface area contributed by atoms with Crippen molar-refractivity contribution in [3.8, 4) is 0 Å². The molecule has 4 aliphatic rings. The molecule has 0 saturated heterocycles. The molecule has 0 heterocycles. The SMILES string of the molecule is CC(C)[C@@H](O)CC[C@H](C)[C@@H]1CC[C@@H]2[C@H]3CC=C4C[C@H](O)CC[C@@]4(C)[C@@H]3CC[C@]21C. The van der Waals surface area contributed by atoms with E-state index in [2.05, 4.69) is 40.7 Å². The first-order valence-electron chi connectivity index (χ1n) is 12.7. The van der Waals surface area contributed by atoms with Gasteiger partial charge in [-0.1, -0.05) is 46.3 Å². The lowest BCUT2D eigenvalue weighted by atomic mass is 9.47. The first kappa shape index (κ1) is 21.9. The third kappa shape index (κ3) is 3.65. The zero-order chi connectivity index (χ0) is 21.0. The molecule has 29 heavy (non-hydrogen) atoms. The predicted molar refractivity (Wildman–Crippen MR) is 120 cm³/mol. The Bertz CT molecular complexity index is 624. The molecule has 2 N–H and O–H groups in total. The molecule has 2 nitrogen and oxygen atoms in total. The van der Waals surface area contributed by atoms with Crippen molar-refractivity contribution in [2.24, 2.45) is 46.3 Å². The van der Waals surface area contributed by atoms with Crippen molar-refractivity contribution in [1.29, 1.82) is 0 Å². The molecule has 2 heteroatoms. The van der Waals surface area contributed by atoms with Crippen LogP contribution in [0.3, 0.4) is 0 Å². The molecule has 0 spiro atoms. The topological polar surface area (TPSA) is 40.5 Å². The lowest BCUT2D eigenvalue weighted by Gasteiger charge is -2.58. The van der Waals surface area contributed by atoms with Crippen LogP contribution < -0.4 is 0 Å². The Morgan fingerprint density at radius 1 is 1.00 bits per heavy atom. The van der Waals surface area contributed by atoms with Gasteiger partial charge in [-0.3, -0.25) is 0 Å². The van der Waals surface area contributed by atoms with Crippen LogP contribution in [0, 0.1) is 46.3 Å². The lowest BCUT2D eigenvalue weighted by molar-refractivity contribution is -0.0579. The zero-order valence-electron chi connectivity index (χ0n) is 19.7. The van der Waals surface area contributed by atoms with Crippen LogP contribution in [0.25, 0.3) is 0 Å². The quantitative estimate of drug-likeness (QED) is 0.525. The van der Waals surface area contributed by atoms with Crippen LogP contribution in [-0.2, 0) is 0 Å². The van der Waals surface area contributed by atoms with Gasteiger partial charge >= 0.3 is 0 Å². The molecule has 166 valence electrons. The zero-order valence-corrected chi connectivity index (χ0v) is 19.7. The summed E-state index contributed by atoms with van der Waals surface area (Å²) in [7, 11) is 0. The van der Waals surface area contributed by atoms with Gasteiger partial charge in [0.2, 0.25) is 0 Å². The highest BCUT2D eigenvalue weighted by Crippen LogP contribution is 2.67. The van der Waals surface area contributed by atoms with E-state index in [1.807, 2.05) is 0 Å². The van der Waals surface area contributed by atoms with Crippen LogP contribution in [0.1, 0.15) is 98.8 Å².